The van der Waals surface area contributed by atoms with Gasteiger partial charge in [-0.3, -0.25) is 14.7 Å². The van der Waals surface area contributed by atoms with Gasteiger partial charge in [0, 0.05) is 17.7 Å². The highest BCUT2D eigenvalue weighted by atomic mass is 16.5. The van der Waals surface area contributed by atoms with Crippen LogP contribution in [0.1, 0.15) is 41.5 Å². The summed E-state index contributed by atoms with van der Waals surface area (Å²) in [5.74, 6) is 1.16. The number of nitrogens with one attached hydrogen (secondary N) is 1. The average molecular weight is 405 g/mol. The van der Waals surface area contributed by atoms with E-state index in [0.717, 1.165) is 19.3 Å². The third-order valence-corrected chi connectivity index (χ3v) is 5.15. The minimum absolute atomic E-state index is 0.0256. The molecule has 1 atom stereocenters. The molecule has 0 saturated carbocycles. The number of likely N-dealkylation sites (tertiary alicyclic amines) is 1. The molecule has 0 radical (unpaired) electrons. The quantitative estimate of drug-likeness (QED) is 0.654. The molecule has 2 heterocycles. The summed E-state index contributed by atoms with van der Waals surface area (Å²) in [5.41, 5.74) is 6.45. The van der Waals surface area contributed by atoms with E-state index in [0.29, 0.717) is 35.1 Å². The van der Waals surface area contributed by atoms with Gasteiger partial charge in [0.25, 0.3) is 5.91 Å². The maximum Gasteiger partial charge on any atom is 0.261 e. The lowest BCUT2D eigenvalue weighted by molar-refractivity contribution is -0.137. The molecule has 0 spiro atoms. The number of rotatable bonds is 6. The van der Waals surface area contributed by atoms with Crippen LogP contribution in [-0.4, -0.2) is 45.0 Å². The van der Waals surface area contributed by atoms with Gasteiger partial charge >= 0.3 is 0 Å². The van der Waals surface area contributed by atoms with Gasteiger partial charge in [0.05, 0.1) is 6.04 Å². The Morgan fingerprint density at radius 3 is 2.77 bits per heavy atom. The van der Waals surface area contributed by atoms with Crippen LogP contribution in [0.25, 0.3) is 11.4 Å². The number of ether oxygens (including phenoxy) is 1. The Balaban J connectivity index is 1.50. The van der Waals surface area contributed by atoms with Crippen LogP contribution in [0.15, 0.2) is 54.6 Å². The highest BCUT2D eigenvalue weighted by molar-refractivity contribution is 5.93. The van der Waals surface area contributed by atoms with Gasteiger partial charge in [0.2, 0.25) is 5.91 Å². The molecule has 8 heteroatoms. The number of carbonyl (C=O) groups is 2. The molecule has 8 nitrogen and oxygen atoms in total. The Kier molecular flexibility index (Phi) is 5.74. The van der Waals surface area contributed by atoms with Gasteiger partial charge in [-0.25, -0.2) is 4.98 Å². The lowest BCUT2D eigenvalue weighted by atomic mass is 10.0. The van der Waals surface area contributed by atoms with Gasteiger partial charge in [-0.2, -0.15) is 5.10 Å². The molecule has 1 aliphatic heterocycles. The van der Waals surface area contributed by atoms with Crippen molar-refractivity contribution in [3.63, 3.8) is 0 Å². The average Bonchev–Trinajstić information content (AvgIpc) is 3.28. The van der Waals surface area contributed by atoms with Gasteiger partial charge in [0.15, 0.2) is 12.4 Å². The largest absolute Gasteiger partial charge is 0.484 e. The molecular formula is C22H23N5O3. The maximum absolute atomic E-state index is 12.8. The Bertz CT molecular complexity index is 1030. The number of benzene rings is 2. The summed E-state index contributed by atoms with van der Waals surface area (Å²) in [5, 5.41) is 7.26. The molecule has 2 aromatic carbocycles. The topological polar surface area (TPSA) is 114 Å². The van der Waals surface area contributed by atoms with Gasteiger partial charge in [0.1, 0.15) is 11.6 Å². The fourth-order valence-corrected chi connectivity index (χ4v) is 3.62. The lowest BCUT2D eigenvalue weighted by Gasteiger charge is -2.34. The monoisotopic (exact) mass is 405 g/mol. The molecule has 1 saturated heterocycles. The fourth-order valence-electron chi connectivity index (χ4n) is 3.62. The number of primary amides is 1. The first kappa shape index (κ1) is 19.6. The highest BCUT2D eigenvalue weighted by Crippen LogP contribution is 2.30. The molecule has 1 unspecified atom stereocenters. The summed E-state index contributed by atoms with van der Waals surface area (Å²) in [6, 6.07) is 16.0. The summed E-state index contributed by atoms with van der Waals surface area (Å²) in [6.45, 7) is 0.622. The van der Waals surface area contributed by atoms with Crippen molar-refractivity contribution in [3.05, 3.63) is 66.0 Å². The Hall–Kier alpha value is -3.68. The Morgan fingerprint density at radius 1 is 1.13 bits per heavy atom. The maximum atomic E-state index is 12.8. The number of para-hydroxylation sites is 1. The number of amides is 2. The predicted molar refractivity (Wildman–Crippen MR) is 111 cm³/mol. The third kappa shape index (κ3) is 4.32. The molecule has 2 amide bonds. The minimum Gasteiger partial charge on any atom is -0.484 e. The van der Waals surface area contributed by atoms with Crippen LogP contribution in [0.5, 0.6) is 5.75 Å². The zero-order valence-corrected chi connectivity index (χ0v) is 16.5. The Morgan fingerprint density at radius 2 is 1.97 bits per heavy atom. The first-order valence-corrected chi connectivity index (χ1v) is 9.91. The summed E-state index contributed by atoms with van der Waals surface area (Å²) < 4.78 is 5.63. The van der Waals surface area contributed by atoms with E-state index in [1.54, 1.807) is 23.1 Å². The number of aromatic amines is 1. The van der Waals surface area contributed by atoms with E-state index in [1.165, 1.54) is 0 Å². The molecular weight excluding hydrogens is 382 g/mol. The van der Waals surface area contributed by atoms with Crippen LogP contribution in [0.4, 0.5) is 0 Å². The highest BCUT2D eigenvalue weighted by Gasteiger charge is 2.30. The zero-order valence-electron chi connectivity index (χ0n) is 16.5. The van der Waals surface area contributed by atoms with Crippen molar-refractivity contribution >= 4 is 11.8 Å². The summed E-state index contributed by atoms with van der Waals surface area (Å²) in [7, 11) is 0. The van der Waals surface area contributed by atoms with Crippen molar-refractivity contribution < 1.29 is 14.3 Å². The second-order valence-corrected chi connectivity index (χ2v) is 7.19. The number of aromatic nitrogens is 3. The first-order chi connectivity index (χ1) is 14.6. The normalized spacial score (nSPS) is 16.3. The van der Waals surface area contributed by atoms with Gasteiger partial charge in [-0.05, 0) is 43.5 Å². The first-order valence-electron chi connectivity index (χ1n) is 9.91. The molecule has 1 aliphatic rings. The fraction of sp³-hybridized carbons (Fsp3) is 0.273. The number of hydrogen-bond donors (Lipinski definition) is 2. The van der Waals surface area contributed by atoms with E-state index >= 15 is 0 Å². The van der Waals surface area contributed by atoms with Crippen molar-refractivity contribution in [3.8, 4) is 17.1 Å². The smallest absolute Gasteiger partial charge is 0.261 e. The molecule has 1 aromatic heterocycles. The van der Waals surface area contributed by atoms with Crippen molar-refractivity contribution in [1.82, 2.24) is 20.1 Å². The molecule has 3 aromatic rings. The van der Waals surface area contributed by atoms with E-state index in [1.807, 2.05) is 36.4 Å². The van der Waals surface area contributed by atoms with Crippen LogP contribution >= 0.6 is 0 Å². The van der Waals surface area contributed by atoms with Crippen LogP contribution in [0, 0.1) is 0 Å². The minimum atomic E-state index is -0.505. The summed E-state index contributed by atoms with van der Waals surface area (Å²) in [4.78, 5) is 30.7. The number of carbonyl (C=O) groups excluding carboxylic acids is 2. The van der Waals surface area contributed by atoms with Crippen LogP contribution in [-0.2, 0) is 4.79 Å². The van der Waals surface area contributed by atoms with E-state index in [9.17, 15) is 9.59 Å². The molecule has 0 bridgehead atoms. The number of nitrogens with zero attached hydrogens (tertiary/aromatic N) is 3. The zero-order chi connectivity index (χ0) is 20.9. The van der Waals surface area contributed by atoms with Crippen molar-refractivity contribution in [2.75, 3.05) is 13.2 Å². The number of hydrogen-bond acceptors (Lipinski definition) is 5. The molecule has 4 rings (SSSR count). The Labute approximate surface area is 174 Å². The number of nitrogens with two attached hydrogens (primary N) is 1. The van der Waals surface area contributed by atoms with Crippen LogP contribution in [0.3, 0.4) is 0 Å². The van der Waals surface area contributed by atoms with E-state index in [-0.39, 0.29) is 18.6 Å². The van der Waals surface area contributed by atoms with Crippen LogP contribution < -0.4 is 10.5 Å². The second kappa shape index (κ2) is 8.77. The lowest BCUT2D eigenvalue weighted by Crippen LogP contribution is -2.41. The van der Waals surface area contributed by atoms with Gasteiger partial charge in [-0.1, -0.05) is 30.3 Å². The van der Waals surface area contributed by atoms with Crippen LogP contribution in [0.2, 0.25) is 0 Å². The SMILES string of the molecule is NC(=O)c1cccc(-c2n[nH]c(C3CCCCN3C(=O)COc3ccccc3)n2)c1. The van der Waals surface area contributed by atoms with Crippen molar-refractivity contribution in [1.29, 1.82) is 0 Å². The summed E-state index contributed by atoms with van der Waals surface area (Å²) >= 11 is 0. The van der Waals surface area contributed by atoms with E-state index < -0.39 is 5.91 Å². The van der Waals surface area contributed by atoms with Gasteiger partial charge in [-0.15, -0.1) is 0 Å². The predicted octanol–water partition coefficient (Wildman–Crippen LogP) is 2.70. The molecule has 3 N–H and O–H groups in total. The molecule has 154 valence electrons. The van der Waals surface area contributed by atoms with E-state index in [2.05, 4.69) is 15.2 Å². The van der Waals surface area contributed by atoms with Crippen molar-refractivity contribution in [2.45, 2.75) is 25.3 Å². The molecule has 0 aliphatic carbocycles. The number of H-pyrrole nitrogens is 1. The summed E-state index contributed by atoms with van der Waals surface area (Å²) in [6.07, 6.45) is 2.74. The molecule has 1 fully saturated rings. The van der Waals surface area contributed by atoms with Crippen molar-refractivity contribution in [2.24, 2.45) is 5.73 Å². The van der Waals surface area contributed by atoms with Gasteiger partial charge < -0.3 is 15.4 Å². The third-order valence-electron chi connectivity index (χ3n) is 5.15. The van der Waals surface area contributed by atoms with E-state index in [4.69, 9.17) is 10.5 Å². The second-order valence-electron chi connectivity index (χ2n) is 7.19. The number of piperidine rings is 1. The molecule has 30 heavy (non-hydrogen) atoms. The standard InChI is InChI=1S/C22H23N5O3/c23-20(29)15-7-6-8-16(13-15)21-24-22(26-25-21)18-11-4-5-12-27(18)19(28)14-30-17-9-2-1-3-10-17/h1-3,6-10,13,18H,4-5,11-12,14H2,(H2,23,29)(H,24,25,26).